The smallest absolute Gasteiger partial charge is 0.328 e. The lowest BCUT2D eigenvalue weighted by Gasteiger charge is -2.22. The minimum absolute atomic E-state index is 0.147. The maximum absolute atomic E-state index is 12.5. The molecule has 0 spiro atoms. The van der Waals surface area contributed by atoms with Gasteiger partial charge in [-0.3, -0.25) is 4.79 Å². The Morgan fingerprint density at radius 3 is 2.43 bits per heavy atom. The van der Waals surface area contributed by atoms with Crippen molar-refractivity contribution in [2.24, 2.45) is 0 Å². The van der Waals surface area contributed by atoms with E-state index in [9.17, 15) is 14.7 Å². The quantitative estimate of drug-likeness (QED) is 0.822. The van der Waals surface area contributed by atoms with E-state index in [1.807, 2.05) is 31.1 Å². The Morgan fingerprint density at radius 2 is 1.90 bits per heavy atom. The third kappa shape index (κ3) is 3.16. The summed E-state index contributed by atoms with van der Waals surface area (Å²) in [6.45, 7) is 0.147. The maximum atomic E-state index is 12.5. The monoisotopic (exact) mass is 292 g/mol. The molecule has 0 aliphatic carbocycles. The fraction of sp³-hybridized carbons (Fsp3) is 0.467. The molecule has 0 saturated carbocycles. The summed E-state index contributed by atoms with van der Waals surface area (Å²) >= 11 is 0. The van der Waals surface area contributed by atoms with Gasteiger partial charge in [0.05, 0.1) is 13.2 Å². The number of hydrogen-bond acceptors (Lipinski definition) is 5. The lowest BCUT2D eigenvalue weighted by molar-refractivity contribution is -0.145. The predicted octanol–water partition coefficient (Wildman–Crippen LogP) is 0.501. The summed E-state index contributed by atoms with van der Waals surface area (Å²) in [5.41, 5.74) is 1.47. The summed E-state index contributed by atoms with van der Waals surface area (Å²) in [7, 11) is 5.11. The van der Waals surface area contributed by atoms with Crippen molar-refractivity contribution in [2.45, 2.75) is 18.6 Å². The van der Waals surface area contributed by atoms with Crippen molar-refractivity contribution in [3.05, 3.63) is 29.8 Å². The molecule has 1 aromatic carbocycles. The highest BCUT2D eigenvalue weighted by molar-refractivity contribution is 5.97. The number of hydrogen-bond donors (Lipinski definition) is 1. The van der Waals surface area contributed by atoms with Crippen molar-refractivity contribution in [2.75, 3.05) is 32.6 Å². The third-order valence-electron chi connectivity index (χ3n) is 3.64. The van der Waals surface area contributed by atoms with Gasteiger partial charge in [-0.15, -0.1) is 0 Å². The molecule has 1 heterocycles. The van der Waals surface area contributed by atoms with Gasteiger partial charge < -0.3 is 19.6 Å². The zero-order valence-corrected chi connectivity index (χ0v) is 12.4. The SMILES string of the molecule is COC(=O)C1CC(O)CN1C(=O)c1ccc(N(C)C)cc1. The molecule has 6 nitrogen and oxygen atoms in total. The normalized spacial score (nSPS) is 21.2. The summed E-state index contributed by atoms with van der Waals surface area (Å²) < 4.78 is 4.70. The fourth-order valence-corrected chi connectivity index (χ4v) is 2.47. The van der Waals surface area contributed by atoms with E-state index in [4.69, 9.17) is 4.74 Å². The first kappa shape index (κ1) is 15.3. The largest absolute Gasteiger partial charge is 0.467 e. The molecule has 1 saturated heterocycles. The van der Waals surface area contributed by atoms with Crippen molar-refractivity contribution < 1.29 is 19.4 Å². The van der Waals surface area contributed by atoms with E-state index < -0.39 is 18.1 Å². The number of esters is 1. The zero-order chi connectivity index (χ0) is 15.6. The second-order valence-corrected chi connectivity index (χ2v) is 5.33. The van der Waals surface area contributed by atoms with E-state index in [1.54, 1.807) is 12.1 Å². The molecule has 114 valence electrons. The Bertz CT molecular complexity index is 527. The van der Waals surface area contributed by atoms with Gasteiger partial charge >= 0.3 is 5.97 Å². The number of amides is 1. The molecule has 0 bridgehead atoms. The lowest BCUT2D eigenvalue weighted by atomic mass is 10.1. The van der Waals surface area contributed by atoms with Crippen LogP contribution >= 0.6 is 0 Å². The van der Waals surface area contributed by atoms with Gasteiger partial charge in [-0.1, -0.05) is 0 Å². The third-order valence-corrected chi connectivity index (χ3v) is 3.64. The van der Waals surface area contributed by atoms with Gasteiger partial charge in [0.1, 0.15) is 6.04 Å². The first-order chi connectivity index (χ1) is 9.93. The number of ether oxygens (including phenoxy) is 1. The van der Waals surface area contributed by atoms with Crippen molar-refractivity contribution in [3.8, 4) is 0 Å². The summed E-state index contributed by atoms with van der Waals surface area (Å²) in [6.07, 6.45) is -0.479. The molecule has 2 unspecified atom stereocenters. The Balaban J connectivity index is 2.19. The average Bonchev–Trinajstić information content (AvgIpc) is 2.87. The number of carbonyl (C=O) groups is 2. The van der Waals surface area contributed by atoms with Crippen LogP contribution in [0.2, 0.25) is 0 Å². The van der Waals surface area contributed by atoms with Crippen LogP contribution in [0.5, 0.6) is 0 Å². The fourth-order valence-electron chi connectivity index (χ4n) is 2.47. The van der Waals surface area contributed by atoms with Crippen molar-refractivity contribution in [1.29, 1.82) is 0 Å². The van der Waals surface area contributed by atoms with Crippen LogP contribution in [-0.4, -0.2) is 61.8 Å². The number of aliphatic hydroxyl groups excluding tert-OH is 1. The number of methoxy groups -OCH3 is 1. The van der Waals surface area contributed by atoms with E-state index in [0.29, 0.717) is 5.56 Å². The highest BCUT2D eigenvalue weighted by atomic mass is 16.5. The molecule has 1 aliphatic rings. The Morgan fingerprint density at radius 1 is 1.29 bits per heavy atom. The Labute approximate surface area is 123 Å². The van der Waals surface area contributed by atoms with Crippen LogP contribution in [0.4, 0.5) is 5.69 Å². The lowest BCUT2D eigenvalue weighted by Crippen LogP contribution is -2.41. The number of rotatable bonds is 3. The molecule has 0 radical (unpaired) electrons. The van der Waals surface area contributed by atoms with Crippen molar-refractivity contribution >= 4 is 17.6 Å². The van der Waals surface area contributed by atoms with Gasteiger partial charge in [0.2, 0.25) is 0 Å². The standard InChI is InChI=1S/C15H20N2O4/c1-16(2)11-6-4-10(5-7-11)14(19)17-9-12(18)8-13(17)15(20)21-3/h4-7,12-13,18H,8-9H2,1-3H3. The zero-order valence-electron chi connectivity index (χ0n) is 12.4. The van der Waals surface area contributed by atoms with E-state index in [0.717, 1.165) is 5.69 Å². The van der Waals surface area contributed by atoms with E-state index >= 15 is 0 Å². The number of carbonyl (C=O) groups excluding carboxylic acids is 2. The number of β-amino-alcohol motifs (C(OH)–C–C–N with tert-alkyl or cyclic N) is 1. The van der Waals surface area contributed by atoms with Crippen LogP contribution in [0.3, 0.4) is 0 Å². The topological polar surface area (TPSA) is 70.1 Å². The molecular formula is C15H20N2O4. The molecule has 1 fully saturated rings. The molecule has 1 aromatic rings. The van der Waals surface area contributed by atoms with Crippen LogP contribution in [0.1, 0.15) is 16.8 Å². The summed E-state index contributed by atoms with van der Waals surface area (Å²) in [4.78, 5) is 27.5. The van der Waals surface area contributed by atoms with Crippen LogP contribution in [0.25, 0.3) is 0 Å². The number of anilines is 1. The molecule has 1 amide bonds. The van der Waals surface area contributed by atoms with Gasteiger partial charge in [-0.25, -0.2) is 4.79 Å². The van der Waals surface area contributed by atoms with E-state index in [-0.39, 0.29) is 18.9 Å². The Kier molecular flexibility index (Phi) is 4.47. The first-order valence-electron chi connectivity index (χ1n) is 6.78. The molecule has 2 rings (SSSR count). The van der Waals surface area contributed by atoms with Crippen LogP contribution in [0, 0.1) is 0 Å². The number of benzene rings is 1. The van der Waals surface area contributed by atoms with Crippen LogP contribution < -0.4 is 4.90 Å². The molecular weight excluding hydrogens is 272 g/mol. The van der Waals surface area contributed by atoms with Crippen LogP contribution in [0.15, 0.2) is 24.3 Å². The summed E-state index contributed by atoms with van der Waals surface area (Å²) in [5.74, 6) is -0.767. The number of aliphatic hydroxyl groups is 1. The first-order valence-corrected chi connectivity index (χ1v) is 6.78. The van der Waals surface area contributed by atoms with Gasteiger partial charge in [0, 0.05) is 38.3 Å². The highest BCUT2D eigenvalue weighted by Gasteiger charge is 2.39. The summed E-state index contributed by atoms with van der Waals surface area (Å²) in [6, 6.07) is 6.40. The van der Waals surface area contributed by atoms with Gasteiger partial charge in [-0.2, -0.15) is 0 Å². The van der Waals surface area contributed by atoms with Gasteiger partial charge in [0.15, 0.2) is 0 Å². The molecule has 2 atom stereocenters. The molecule has 0 aromatic heterocycles. The van der Waals surface area contributed by atoms with E-state index in [1.165, 1.54) is 12.0 Å². The van der Waals surface area contributed by atoms with E-state index in [2.05, 4.69) is 0 Å². The second-order valence-electron chi connectivity index (χ2n) is 5.33. The van der Waals surface area contributed by atoms with Crippen molar-refractivity contribution in [1.82, 2.24) is 4.90 Å². The molecule has 1 N–H and O–H groups in total. The van der Waals surface area contributed by atoms with Crippen LogP contribution in [-0.2, 0) is 9.53 Å². The minimum atomic E-state index is -0.717. The van der Waals surface area contributed by atoms with Gasteiger partial charge in [-0.05, 0) is 24.3 Å². The summed E-state index contributed by atoms with van der Waals surface area (Å²) in [5, 5.41) is 9.72. The predicted molar refractivity (Wildman–Crippen MR) is 78.2 cm³/mol. The molecule has 21 heavy (non-hydrogen) atoms. The van der Waals surface area contributed by atoms with Crippen molar-refractivity contribution in [3.63, 3.8) is 0 Å². The maximum Gasteiger partial charge on any atom is 0.328 e. The number of likely N-dealkylation sites (tertiary alicyclic amines) is 1. The molecule has 1 aliphatic heterocycles. The minimum Gasteiger partial charge on any atom is -0.467 e. The van der Waals surface area contributed by atoms with Gasteiger partial charge in [0.25, 0.3) is 5.91 Å². The second kappa shape index (κ2) is 6.13. The Hall–Kier alpha value is -2.08. The highest BCUT2D eigenvalue weighted by Crippen LogP contribution is 2.22. The number of nitrogens with zero attached hydrogens (tertiary/aromatic N) is 2. The molecule has 6 heteroatoms. The average molecular weight is 292 g/mol.